The third-order valence-electron chi connectivity index (χ3n) is 2.83. The molecule has 1 fully saturated rings. The van der Waals surface area contributed by atoms with Crippen LogP contribution in [0.5, 0.6) is 0 Å². The maximum atomic E-state index is 5.34. The van der Waals surface area contributed by atoms with Gasteiger partial charge in [-0.3, -0.25) is 0 Å². The minimum atomic E-state index is 0.178. The topological polar surface area (TPSA) is 26.0 Å². The largest absolute Gasteiger partial charge is 0.442 e. The Hall–Kier alpha value is -0.620. The Morgan fingerprint density at radius 1 is 1.58 bits per heavy atom. The van der Waals surface area contributed by atoms with Crippen molar-refractivity contribution in [3.8, 4) is 0 Å². The van der Waals surface area contributed by atoms with Crippen molar-refractivity contribution < 1.29 is 4.42 Å². The fourth-order valence-corrected chi connectivity index (χ4v) is 5.42. The average molecular weight is 180 g/mol. The van der Waals surface area contributed by atoms with Crippen molar-refractivity contribution in [3.63, 3.8) is 0 Å². The summed E-state index contributed by atoms with van der Waals surface area (Å²) in [6.45, 7) is 0. The summed E-state index contributed by atoms with van der Waals surface area (Å²) in [7, 11) is 0.178. The fourth-order valence-electron chi connectivity index (χ4n) is 2.24. The monoisotopic (exact) mass is 180 g/mol. The summed E-state index contributed by atoms with van der Waals surface area (Å²) in [5.41, 5.74) is 0. The Kier molecular flexibility index (Phi) is 1.39. The molecule has 0 N–H and O–H groups in total. The van der Waals surface area contributed by atoms with Gasteiger partial charge in [-0.05, 0) is 6.42 Å². The van der Waals surface area contributed by atoms with Crippen LogP contribution >= 0.6 is 7.55 Å². The molecule has 2 atom stereocenters. The normalized spacial score (nSPS) is 30.2. The molecule has 12 heavy (non-hydrogen) atoms. The van der Waals surface area contributed by atoms with Crippen LogP contribution in [0.25, 0.3) is 0 Å². The molecule has 1 aromatic rings. The number of rotatable bonds is 1. The highest BCUT2D eigenvalue weighted by atomic mass is 31.1. The van der Waals surface area contributed by atoms with E-state index in [0.717, 1.165) is 11.8 Å². The predicted octanol–water partition coefficient (Wildman–Crippen LogP) is 2.10. The van der Waals surface area contributed by atoms with E-state index in [1.54, 1.807) is 17.8 Å². The van der Waals surface area contributed by atoms with Gasteiger partial charge in [-0.25, -0.2) is 4.98 Å². The zero-order valence-corrected chi connectivity index (χ0v) is 7.76. The van der Waals surface area contributed by atoms with Crippen LogP contribution < -0.4 is 0 Å². The molecular weight excluding hydrogens is 169 g/mol. The third kappa shape index (κ3) is 0.879. The molecule has 2 nitrogen and oxygen atoms in total. The highest BCUT2D eigenvalue weighted by molar-refractivity contribution is 7.60. The highest BCUT2D eigenvalue weighted by Crippen LogP contribution is 2.48. The molecule has 0 spiro atoms. The van der Waals surface area contributed by atoms with Crippen molar-refractivity contribution in [1.29, 1.82) is 0 Å². The van der Waals surface area contributed by atoms with Gasteiger partial charge in [0.2, 0.25) is 0 Å². The Morgan fingerprint density at radius 2 is 2.58 bits per heavy atom. The first-order chi connectivity index (χ1) is 5.93. The van der Waals surface area contributed by atoms with Crippen LogP contribution in [0.4, 0.5) is 0 Å². The van der Waals surface area contributed by atoms with Crippen molar-refractivity contribution in [2.45, 2.75) is 12.8 Å². The van der Waals surface area contributed by atoms with Crippen LogP contribution in [-0.2, 0) is 0 Å². The summed E-state index contributed by atoms with van der Waals surface area (Å²) in [5.74, 6) is 1.90. The number of hydrogen-bond donors (Lipinski definition) is 0. The molecule has 0 aromatic carbocycles. The van der Waals surface area contributed by atoms with Crippen molar-refractivity contribution in [2.24, 2.45) is 5.92 Å². The second-order valence-corrected chi connectivity index (χ2v) is 6.02. The van der Waals surface area contributed by atoms with E-state index < -0.39 is 0 Å². The lowest BCUT2D eigenvalue weighted by Crippen LogP contribution is -2.05. The van der Waals surface area contributed by atoms with Gasteiger partial charge < -0.3 is 4.42 Å². The van der Waals surface area contributed by atoms with E-state index >= 15 is 0 Å². The van der Waals surface area contributed by atoms with Gasteiger partial charge in [-0.15, -0.1) is 0 Å². The molecule has 3 rings (SSSR count). The average Bonchev–Trinajstić information content (AvgIpc) is 2.81. The first-order valence-corrected chi connectivity index (χ1v) is 6.15. The second-order valence-electron chi connectivity index (χ2n) is 3.59. The van der Waals surface area contributed by atoms with Gasteiger partial charge >= 0.3 is 0 Å². The molecule has 0 saturated carbocycles. The first kappa shape index (κ1) is 6.85. The Balaban J connectivity index is 2.05. The SMILES string of the molecule is c1coc(C2=[P+]3CCC(C2)C3)n1. The molecule has 1 saturated heterocycles. The Morgan fingerprint density at radius 3 is 3.17 bits per heavy atom. The minimum absolute atomic E-state index is 0.178. The molecule has 62 valence electrons. The summed E-state index contributed by atoms with van der Waals surface area (Å²) in [6, 6.07) is 0. The summed E-state index contributed by atoms with van der Waals surface area (Å²) in [6.07, 6.45) is 9.04. The maximum absolute atomic E-state index is 5.34. The van der Waals surface area contributed by atoms with Crippen LogP contribution in [0.1, 0.15) is 18.7 Å². The Labute approximate surface area is 72.4 Å². The van der Waals surface area contributed by atoms with Gasteiger partial charge in [0.1, 0.15) is 26.1 Å². The lowest BCUT2D eigenvalue weighted by molar-refractivity contribution is 0.540. The molecule has 3 heteroatoms. The smallest absolute Gasteiger partial charge is 0.265 e. The number of nitrogens with zero attached hydrogens (tertiary/aromatic N) is 1. The summed E-state index contributed by atoms with van der Waals surface area (Å²) >= 11 is 0. The standard InChI is InChI=1S/C9H11NOP/c1-4-12-6-7(1)5-8(12)9-10-2-3-11-9/h2-3,7H,1,4-6H2/q+1. The molecule has 0 aliphatic carbocycles. The van der Waals surface area contributed by atoms with Crippen molar-refractivity contribution in [3.05, 3.63) is 18.4 Å². The number of aromatic nitrogens is 1. The molecule has 0 amide bonds. The van der Waals surface area contributed by atoms with E-state index in [0.29, 0.717) is 0 Å². The van der Waals surface area contributed by atoms with E-state index in [-0.39, 0.29) is 7.55 Å². The van der Waals surface area contributed by atoms with E-state index in [4.69, 9.17) is 4.42 Å². The lowest BCUT2D eigenvalue weighted by Gasteiger charge is -1.99. The van der Waals surface area contributed by atoms with Crippen molar-refractivity contribution in [1.82, 2.24) is 4.98 Å². The van der Waals surface area contributed by atoms with Crippen molar-refractivity contribution in [2.75, 3.05) is 12.3 Å². The number of oxazole rings is 1. The van der Waals surface area contributed by atoms with E-state index in [2.05, 4.69) is 4.98 Å². The van der Waals surface area contributed by atoms with E-state index in [1.807, 2.05) is 0 Å². The van der Waals surface area contributed by atoms with Crippen LogP contribution in [0, 0.1) is 5.92 Å². The minimum Gasteiger partial charge on any atom is -0.442 e. The van der Waals surface area contributed by atoms with Gasteiger partial charge in [0.25, 0.3) is 5.89 Å². The zero-order valence-electron chi connectivity index (χ0n) is 6.86. The quantitative estimate of drug-likeness (QED) is 0.618. The van der Waals surface area contributed by atoms with E-state index in [9.17, 15) is 0 Å². The van der Waals surface area contributed by atoms with Gasteiger partial charge in [-0.1, -0.05) is 0 Å². The fraction of sp³-hybridized carbons (Fsp3) is 0.556. The van der Waals surface area contributed by atoms with Crippen LogP contribution in [-0.4, -0.2) is 22.6 Å². The second kappa shape index (κ2) is 2.43. The zero-order chi connectivity index (χ0) is 7.97. The maximum Gasteiger partial charge on any atom is 0.265 e. The molecule has 2 aliphatic rings. The molecule has 0 radical (unpaired) electrons. The summed E-state index contributed by atoms with van der Waals surface area (Å²) in [4.78, 5) is 4.23. The Bertz CT molecular complexity index is 328. The number of fused-ring (bicyclic) bond motifs is 2. The molecule has 2 aliphatic heterocycles. The van der Waals surface area contributed by atoms with Gasteiger partial charge in [0.05, 0.1) is 6.20 Å². The van der Waals surface area contributed by atoms with Crippen LogP contribution in [0.15, 0.2) is 16.9 Å². The van der Waals surface area contributed by atoms with Crippen LogP contribution in [0.3, 0.4) is 0 Å². The predicted molar refractivity (Wildman–Crippen MR) is 50.0 cm³/mol. The molecular formula is C9H11NOP+. The molecule has 3 heterocycles. The van der Waals surface area contributed by atoms with Gasteiger partial charge in [0.15, 0.2) is 5.29 Å². The van der Waals surface area contributed by atoms with E-state index in [1.165, 1.54) is 25.2 Å². The lowest BCUT2D eigenvalue weighted by atomic mass is 10.0. The molecule has 2 unspecified atom stereocenters. The molecule has 2 bridgehead atoms. The van der Waals surface area contributed by atoms with Crippen LogP contribution in [0.2, 0.25) is 0 Å². The third-order valence-corrected chi connectivity index (χ3v) is 5.72. The van der Waals surface area contributed by atoms with Crippen molar-refractivity contribution >= 4 is 12.8 Å². The summed E-state index contributed by atoms with van der Waals surface area (Å²) in [5, 5.41) is 1.55. The molecule has 1 aromatic heterocycles. The first-order valence-electron chi connectivity index (χ1n) is 4.44. The van der Waals surface area contributed by atoms with Gasteiger partial charge in [0, 0.05) is 12.3 Å². The number of hydrogen-bond acceptors (Lipinski definition) is 2. The summed E-state index contributed by atoms with van der Waals surface area (Å²) < 4.78 is 5.34. The highest BCUT2D eigenvalue weighted by Gasteiger charge is 2.42. The van der Waals surface area contributed by atoms with Gasteiger partial charge in [-0.2, -0.15) is 0 Å².